The van der Waals surface area contributed by atoms with Gasteiger partial charge in [0.2, 0.25) is 0 Å². The van der Waals surface area contributed by atoms with Crippen molar-refractivity contribution in [2.75, 3.05) is 0 Å². The van der Waals surface area contributed by atoms with Crippen molar-refractivity contribution in [3.05, 3.63) is 0 Å². The van der Waals surface area contributed by atoms with E-state index in [0.29, 0.717) is 24.3 Å². The average molecular weight is 438 g/mol. The molecule has 0 aliphatic rings. The molecular weight excluding hydrogens is 374 g/mol. The summed E-state index contributed by atoms with van der Waals surface area (Å²) >= 11 is 2.01. The Morgan fingerprint density at radius 2 is 0.828 bits per heavy atom. The number of hydrogen-bond acceptors (Lipinski definition) is 3. The first-order chi connectivity index (χ1) is 12.5. The molecule has 0 saturated heterocycles. The molecule has 0 aliphatic heterocycles. The fourth-order valence-corrected chi connectivity index (χ4v) is 3.79. The summed E-state index contributed by atoms with van der Waals surface area (Å²) in [5.74, 6) is 1.75. The van der Waals surface area contributed by atoms with E-state index in [-0.39, 0.29) is 7.43 Å². The van der Waals surface area contributed by atoms with Gasteiger partial charge in [0.05, 0.1) is 12.2 Å². The molecule has 184 valence electrons. The Balaban J connectivity index is -0.0000000873. The molecule has 1 N–H and O–H groups in total. The van der Waals surface area contributed by atoms with Crippen LogP contribution in [0.5, 0.6) is 0 Å². The molecular formula is C26H63NOS. The maximum Gasteiger partial charge on any atom is 0.0522 e. The summed E-state index contributed by atoms with van der Waals surface area (Å²) in [6.45, 7) is 34.7. The van der Waals surface area contributed by atoms with Crippen molar-refractivity contribution in [2.45, 2.75) is 159 Å². The second kappa shape index (κ2) is 26.3. The highest BCUT2D eigenvalue weighted by Crippen LogP contribution is 2.14. The lowest BCUT2D eigenvalue weighted by molar-refractivity contribution is 0.0300. The summed E-state index contributed by atoms with van der Waals surface area (Å²) in [6, 6.07) is 1.25. The minimum Gasteiger partial charge on any atom is -0.376 e. The molecule has 0 aliphatic carbocycles. The van der Waals surface area contributed by atoms with E-state index in [2.05, 4.69) is 88.4 Å². The predicted octanol–water partition coefficient (Wildman–Crippen LogP) is 9.07. The van der Waals surface area contributed by atoms with E-state index in [1.165, 1.54) is 6.42 Å². The van der Waals surface area contributed by atoms with Gasteiger partial charge < -0.3 is 10.1 Å². The zero-order valence-corrected chi connectivity index (χ0v) is 23.5. The molecule has 0 bridgehead atoms. The molecule has 3 heteroatoms. The quantitative estimate of drug-likeness (QED) is 0.409. The van der Waals surface area contributed by atoms with Gasteiger partial charge in [0, 0.05) is 12.1 Å². The van der Waals surface area contributed by atoms with Gasteiger partial charge in [-0.15, -0.1) is 0 Å². The molecule has 0 aromatic rings. The van der Waals surface area contributed by atoms with Crippen molar-refractivity contribution < 1.29 is 4.74 Å². The maximum atomic E-state index is 5.25. The molecule has 29 heavy (non-hydrogen) atoms. The molecule has 0 atom stereocenters. The van der Waals surface area contributed by atoms with Crippen molar-refractivity contribution in [3.8, 4) is 0 Å². The SMILES string of the molecule is C.CC(C)CC(C)C.CC(C)NC(C)C.CC(C)OC(C)C.CC(C)SC(C)C. The van der Waals surface area contributed by atoms with Crippen LogP contribution >= 0.6 is 11.8 Å². The van der Waals surface area contributed by atoms with Crippen LogP contribution in [0.15, 0.2) is 0 Å². The second-order valence-corrected chi connectivity index (χ2v) is 12.1. The maximum absolute atomic E-state index is 5.25. The van der Waals surface area contributed by atoms with Crippen molar-refractivity contribution in [1.29, 1.82) is 0 Å². The minimum atomic E-state index is 0. The van der Waals surface area contributed by atoms with E-state index in [1.54, 1.807) is 0 Å². The van der Waals surface area contributed by atoms with Crippen LogP contribution in [-0.4, -0.2) is 34.8 Å². The second-order valence-electron chi connectivity index (χ2n) is 9.97. The van der Waals surface area contributed by atoms with Gasteiger partial charge in [-0.2, -0.15) is 11.8 Å². The Labute approximate surface area is 193 Å². The van der Waals surface area contributed by atoms with Crippen LogP contribution in [0.3, 0.4) is 0 Å². The van der Waals surface area contributed by atoms with Crippen LogP contribution in [0.1, 0.15) is 125 Å². The van der Waals surface area contributed by atoms with Gasteiger partial charge in [0.15, 0.2) is 0 Å². The molecule has 0 heterocycles. The first-order valence-electron chi connectivity index (χ1n) is 11.6. The standard InChI is InChI=1S/C7H16.C6H15N.C6H14O.C6H14S.CH4/c1-6(2)5-7(3)4;3*1-5(2)7-6(3)4;/h6-7H,5H2,1-4H3;5-7H,1-4H3;2*5-6H,1-4H3;1H4. The van der Waals surface area contributed by atoms with Gasteiger partial charge in [-0.25, -0.2) is 0 Å². The summed E-state index contributed by atoms with van der Waals surface area (Å²) < 4.78 is 5.25. The van der Waals surface area contributed by atoms with E-state index in [1.807, 2.05) is 39.5 Å². The first-order valence-corrected chi connectivity index (χ1v) is 12.5. The Bertz CT molecular complexity index is 192. The monoisotopic (exact) mass is 437 g/mol. The number of ether oxygens (including phenoxy) is 1. The molecule has 0 aromatic heterocycles. The van der Waals surface area contributed by atoms with Crippen LogP contribution in [0.4, 0.5) is 0 Å². The third kappa shape index (κ3) is 73.7. The average Bonchev–Trinajstić information content (AvgIpc) is 2.32. The normalized spacial score (nSPS) is 10.8. The zero-order valence-electron chi connectivity index (χ0n) is 22.6. The molecule has 0 rings (SSSR count). The van der Waals surface area contributed by atoms with E-state index >= 15 is 0 Å². The molecule has 0 spiro atoms. The van der Waals surface area contributed by atoms with Crippen molar-refractivity contribution in [2.24, 2.45) is 11.8 Å². The van der Waals surface area contributed by atoms with Crippen molar-refractivity contribution in [3.63, 3.8) is 0 Å². The van der Waals surface area contributed by atoms with Gasteiger partial charge in [0.1, 0.15) is 0 Å². The van der Waals surface area contributed by atoms with Gasteiger partial charge in [0.25, 0.3) is 0 Å². The third-order valence-corrected chi connectivity index (χ3v) is 3.79. The van der Waals surface area contributed by atoms with E-state index in [0.717, 1.165) is 22.3 Å². The summed E-state index contributed by atoms with van der Waals surface area (Å²) in [7, 11) is 0. The van der Waals surface area contributed by atoms with E-state index in [4.69, 9.17) is 4.74 Å². The highest BCUT2D eigenvalue weighted by molar-refractivity contribution is 8.00. The zero-order chi connectivity index (χ0) is 23.4. The van der Waals surface area contributed by atoms with Crippen LogP contribution in [0.25, 0.3) is 0 Å². The largest absolute Gasteiger partial charge is 0.376 e. The van der Waals surface area contributed by atoms with Gasteiger partial charge >= 0.3 is 0 Å². The fourth-order valence-electron chi connectivity index (χ4n) is 2.70. The van der Waals surface area contributed by atoms with Crippen LogP contribution in [-0.2, 0) is 4.74 Å². The first kappa shape index (κ1) is 39.7. The minimum absolute atomic E-state index is 0. The molecule has 0 unspecified atom stereocenters. The molecule has 0 fully saturated rings. The third-order valence-electron chi connectivity index (χ3n) is 2.70. The Hall–Kier alpha value is 0.270. The molecule has 0 radical (unpaired) electrons. The van der Waals surface area contributed by atoms with Gasteiger partial charge in [-0.05, 0) is 56.5 Å². The number of rotatable bonds is 8. The lowest BCUT2D eigenvalue weighted by Crippen LogP contribution is -2.29. The molecule has 0 saturated carbocycles. The van der Waals surface area contributed by atoms with Crippen molar-refractivity contribution >= 4 is 11.8 Å². The Morgan fingerprint density at radius 3 is 0.828 bits per heavy atom. The Kier molecular flexibility index (Phi) is 36.0. The molecule has 2 nitrogen and oxygen atoms in total. The highest BCUT2D eigenvalue weighted by atomic mass is 32.2. The number of hydrogen-bond donors (Lipinski definition) is 1. The topological polar surface area (TPSA) is 21.3 Å². The lowest BCUT2D eigenvalue weighted by atomic mass is 10.0. The van der Waals surface area contributed by atoms with Crippen molar-refractivity contribution in [1.82, 2.24) is 5.32 Å². The summed E-state index contributed by atoms with van der Waals surface area (Å²) in [4.78, 5) is 0. The van der Waals surface area contributed by atoms with E-state index in [9.17, 15) is 0 Å². The highest BCUT2D eigenvalue weighted by Gasteiger charge is 1.96. The Morgan fingerprint density at radius 1 is 0.552 bits per heavy atom. The summed E-state index contributed by atoms with van der Waals surface area (Å²) in [5.41, 5.74) is 0. The van der Waals surface area contributed by atoms with E-state index < -0.39 is 0 Å². The lowest BCUT2D eigenvalue weighted by Gasteiger charge is -2.10. The smallest absolute Gasteiger partial charge is 0.0522 e. The number of nitrogens with one attached hydrogen (secondary N) is 1. The van der Waals surface area contributed by atoms with Crippen LogP contribution in [0.2, 0.25) is 0 Å². The summed E-state index contributed by atoms with van der Waals surface area (Å²) in [5, 5.41) is 4.89. The summed E-state index contributed by atoms with van der Waals surface area (Å²) in [6.07, 6.45) is 2.11. The van der Waals surface area contributed by atoms with Gasteiger partial charge in [-0.1, -0.05) is 90.5 Å². The molecule has 0 aromatic carbocycles. The van der Waals surface area contributed by atoms with Crippen LogP contribution < -0.4 is 5.32 Å². The number of thioether (sulfide) groups is 1. The molecule has 0 amide bonds. The van der Waals surface area contributed by atoms with Crippen LogP contribution in [0, 0.1) is 11.8 Å². The predicted molar refractivity (Wildman–Crippen MR) is 144 cm³/mol. The fraction of sp³-hybridized carbons (Fsp3) is 1.00. The van der Waals surface area contributed by atoms with Gasteiger partial charge in [-0.3, -0.25) is 0 Å².